The lowest BCUT2D eigenvalue weighted by Crippen LogP contribution is -2.41. The SMILES string of the molecule is Cc1cc(F)ccc1NC(=O)CN1C(=O)CSc2ccccc21. The average molecular weight is 330 g/mol. The van der Waals surface area contributed by atoms with Gasteiger partial charge in [-0.25, -0.2) is 4.39 Å². The van der Waals surface area contributed by atoms with Crippen molar-refractivity contribution in [2.75, 3.05) is 22.5 Å². The first-order valence-electron chi connectivity index (χ1n) is 7.13. The molecule has 0 saturated carbocycles. The molecule has 0 unspecified atom stereocenters. The highest BCUT2D eigenvalue weighted by atomic mass is 32.2. The van der Waals surface area contributed by atoms with Gasteiger partial charge in [0.15, 0.2) is 0 Å². The van der Waals surface area contributed by atoms with E-state index in [4.69, 9.17) is 0 Å². The van der Waals surface area contributed by atoms with E-state index in [1.807, 2.05) is 24.3 Å². The van der Waals surface area contributed by atoms with E-state index in [-0.39, 0.29) is 24.2 Å². The van der Waals surface area contributed by atoms with E-state index < -0.39 is 0 Å². The molecule has 23 heavy (non-hydrogen) atoms. The summed E-state index contributed by atoms with van der Waals surface area (Å²) < 4.78 is 13.1. The molecule has 0 fully saturated rings. The largest absolute Gasteiger partial charge is 0.324 e. The van der Waals surface area contributed by atoms with Gasteiger partial charge in [-0.3, -0.25) is 9.59 Å². The van der Waals surface area contributed by atoms with Crippen LogP contribution in [0.5, 0.6) is 0 Å². The molecule has 1 aliphatic rings. The maximum absolute atomic E-state index is 13.1. The Morgan fingerprint density at radius 3 is 2.87 bits per heavy atom. The Morgan fingerprint density at radius 1 is 1.30 bits per heavy atom. The minimum absolute atomic E-state index is 0.0623. The number of nitrogens with one attached hydrogen (secondary N) is 1. The molecule has 2 amide bonds. The number of anilines is 2. The van der Waals surface area contributed by atoms with Gasteiger partial charge in [0.1, 0.15) is 12.4 Å². The summed E-state index contributed by atoms with van der Waals surface area (Å²) in [4.78, 5) is 26.9. The molecule has 3 rings (SSSR count). The Labute approximate surface area is 137 Å². The molecule has 118 valence electrons. The number of thioether (sulfide) groups is 1. The maximum atomic E-state index is 13.1. The summed E-state index contributed by atoms with van der Waals surface area (Å²) in [5.41, 5.74) is 1.93. The molecule has 6 heteroatoms. The number of fused-ring (bicyclic) bond motifs is 1. The molecule has 2 aromatic carbocycles. The monoisotopic (exact) mass is 330 g/mol. The third-order valence-corrected chi connectivity index (χ3v) is 4.62. The first-order chi connectivity index (χ1) is 11.0. The van der Waals surface area contributed by atoms with Crippen molar-refractivity contribution in [2.24, 2.45) is 0 Å². The van der Waals surface area contributed by atoms with Crippen molar-refractivity contribution in [3.05, 3.63) is 53.8 Å². The number of aryl methyl sites for hydroxylation is 1. The average Bonchev–Trinajstić information content (AvgIpc) is 2.53. The summed E-state index contributed by atoms with van der Waals surface area (Å²) in [5.74, 6) is -0.438. The predicted octanol–water partition coefficient (Wildman–Crippen LogP) is 3.21. The van der Waals surface area contributed by atoms with Gasteiger partial charge in [0, 0.05) is 10.6 Å². The normalized spacial score (nSPS) is 13.7. The number of benzene rings is 2. The minimum Gasteiger partial charge on any atom is -0.324 e. The van der Waals surface area contributed by atoms with Gasteiger partial charge in [-0.1, -0.05) is 12.1 Å². The van der Waals surface area contributed by atoms with E-state index in [1.165, 1.54) is 34.9 Å². The zero-order valence-electron chi connectivity index (χ0n) is 12.5. The van der Waals surface area contributed by atoms with E-state index in [9.17, 15) is 14.0 Å². The highest BCUT2D eigenvalue weighted by Gasteiger charge is 2.26. The van der Waals surface area contributed by atoms with Gasteiger partial charge in [0.25, 0.3) is 0 Å². The summed E-state index contributed by atoms with van der Waals surface area (Å²) in [6, 6.07) is 11.7. The van der Waals surface area contributed by atoms with Gasteiger partial charge >= 0.3 is 0 Å². The second-order valence-electron chi connectivity index (χ2n) is 5.24. The second-order valence-corrected chi connectivity index (χ2v) is 6.26. The van der Waals surface area contributed by atoms with Gasteiger partial charge in [-0.05, 0) is 42.8 Å². The van der Waals surface area contributed by atoms with Crippen LogP contribution in [0.3, 0.4) is 0 Å². The van der Waals surface area contributed by atoms with Crippen LogP contribution >= 0.6 is 11.8 Å². The van der Waals surface area contributed by atoms with E-state index in [2.05, 4.69) is 5.32 Å². The predicted molar refractivity (Wildman–Crippen MR) is 89.3 cm³/mol. The van der Waals surface area contributed by atoms with Crippen LogP contribution in [0, 0.1) is 12.7 Å². The first-order valence-corrected chi connectivity index (χ1v) is 8.11. The van der Waals surface area contributed by atoms with Crippen LogP contribution in [-0.4, -0.2) is 24.1 Å². The van der Waals surface area contributed by atoms with Crippen molar-refractivity contribution in [1.29, 1.82) is 0 Å². The van der Waals surface area contributed by atoms with Gasteiger partial charge in [-0.2, -0.15) is 0 Å². The highest BCUT2D eigenvalue weighted by Crippen LogP contribution is 2.34. The Kier molecular flexibility index (Phi) is 4.34. The lowest BCUT2D eigenvalue weighted by Gasteiger charge is -2.28. The lowest BCUT2D eigenvalue weighted by molar-refractivity contribution is -0.120. The third-order valence-electron chi connectivity index (χ3n) is 3.57. The zero-order chi connectivity index (χ0) is 16.4. The zero-order valence-corrected chi connectivity index (χ0v) is 13.3. The number of hydrogen-bond acceptors (Lipinski definition) is 3. The molecule has 0 aliphatic carbocycles. The molecule has 0 aromatic heterocycles. The van der Waals surface area contributed by atoms with E-state index in [0.717, 1.165) is 10.6 Å². The van der Waals surface area contributed by atoms with Crippen molar-refractivity contribution < 1.29 is 14.0 Å². The first kappa shape index (κ1) is 15.6. The number of hydrogen-bond donors (Lipinski definition) is 1. The number of halogens is 1. The summed E-state index contributed by atoms with van der Waals surface area (Å²) in [6.45, 7) is 1.66. The standard InChI is InChI=1S/C17H15FN2O2S/c1-11-8-12(18)6-7-13(11)19-16(21)9-20-14-4-2-3-5-15(14)23-10-17(20)22/h2-8H,9-10H2,1H3,(H,19,21). The van der Waals surface area contributed by atoms with Gasteiger partial charge in [-0.15, -0.1) is 11.8 Å². The molecule has 0 atom stereocenters. The number of rotatable bonds is 3. The molecule has 0 radical (unpaired) electrons. The molecular weight excluding hydrogens is 315 g/mol. The molecule has 4 nitrogen and oxygen atoms in total. The van der Waals surface area contributed by atoms with Gasteiger partial charge in [0.2, 0.25) is 11.8 Å². The van der Waals surface area contributed by atoms with Crippen molar-refractivity contribution in [1.82, 2.24) is 0 Å². The van der Waals surface area contributed by atoms with E-state index in [0.29, 0.717) is 17.0 Å². The Hall–Kier alpha value is -2.34. The highest BCUT2D eigenvalue weighted by molar-refractivity contribution is 8.00. The fraction of sp³-hybridized carbons (Fsp3) is 0.176. The van der Waals surface area contributed by atoms with Crippen molar-refractivity contribution in [2.45, 2.75) is 11.8 Å². The lowest BCUT2D eigenvalue weighted by atomic mass is 10.2. The van der Waals surface area contributed by atoms with Crippen LogP contribution in [0.4, 0.5) is 15.8 Å². The molecule has 1 aliphatic heterocycles. The molecule has 0 spiro atoms. The fourth-order valence-electron chi connectivity index (χ4n) is 2.43. The number of carbonyl (C=O) groups is 2. The summed E-state index contributed by atoms with van der Waals surface area (Å²) in [7, 11) is 0. The van der Waals surface area contributed by atoms with Crippen LogP contribution < -0.4 is 10.2 Å². The fourth-order valence-corrected chi connectivity index (χ4v) is 3.36. The van der Waals surface area contributed by atoms with E-state index >= 15 is 0 Å². The molecular formula is C17H15FN2O2S. The van der Waals surface area contributed by atoms with Crippen LogP contribution in [0.25, 0.3) is 0 Å². The molecule has 2 aromatic rings. The number of amides is 2. The van der Waals surface area contributed by atoms with Gasteiger partial charge < -0.3 is 10.2 Å². The third kappa shape index (κ3) is 3.37. The molecule has 0 bridgehead atoms. The topological polar surface area (TPSA) is 49.4 Å². The number of para-hydroxylation sites is 1. The summed E-state index contributed by atoms with van der Waals surface area (Å²) >= 11 is 1.47. The maximum Gasteiger partial charge on any atom is 0.244 e. The quantitative estimate of drug-likeness (QED) is 0.940. The Balaban J connectivity index is 1.76. The van der Waals surface area contributed by atoms with Crippen LogP contribution in [-0.2, 0) is 9.59 Å². The number of nitrogens with zero attached hydrogens (tertiary/aromatic N) is 1. The van der Waals surface area contributed by atoms with E-state index in [1.54, 1.807) is 6.92 Å². The van der Waals surface area contributed by atoms with Crippen molar-refractivity contribution >= 4 is 35.0 Å². The van der Waals surface area contributed by atoms with Crippen molar-refractivity contribution in [3.63, 3.8) is 0 Å². The Bertz CT molecular complexity index is 779. The van der Waals surface area contributed by atoms with Crippen LogP contribution in [0.15, 0.2) is 47.4 Å². The minimum atomic E-state index is -0.349. The smallest absolute Gasteiger partial charge is 0.244 e. The summed E-state index contributed by atoms with van der Waals surface area (Å²) in [6.07, 6.45) is 0. The second kappa shape index (κ2) is 6.42. The Morgan fingerprint density at radius 2 is 2.09 bits per heavy atom. The van der Waals surface area contributed by atoms with Gasteiger partial charge in [0.05, 0.1) is 11.4 Å². The van der Waals surface area contributed by atoms with Crippen LogP contribution in [0.2, 0.25) is 0 Å². The molecule has 1 N–H and O–H groups in total. The van der Waals surface area contributed by atoms with Crippen LogP contribution in [0.1, 0.15) is 5.56 Å². The molecule has 0 saturated heterocycles. The number of carbonyl (C=O) groups excluding carboxylic acids is 2. The molecule has 1 heterocycles. The van der Waals surface area contributed by atoms with Crippen molar-refractivity contribution in [3.8, 4) is 0 Å². The summed E-state index contributed by atoms with van der Waals surface area (Å²) in [5, 5.41) is 2.73.